The second kappa shape index (κ2) is 4.75. The van der Waals surface area contributed by atoms with E-state index >= 15 is 0 Å². The lowest BCUT2D eigenvalue weighted by Crippen LogP contribution is -1.92. The average Bonchev–Trinajstić information content (AvgIpc) is 2.80. The van der Waals surface area contributed by atoms with Crippen molar-refractivity contribution in [1.82, 2.24) is 4.98 Å². The lowest BCUT2D eigenvalue weighted by atomic mass is 10.0. The molecule has 78 valence electrons. The molecule has 1 N–H and O–H groups in total. The van der Waals surface area contributed by atoms with Crippen molar-refractivity contribution in [2.75, 3.05) is 6.61 Å². The quantitative estimate of drug-likeness (QED) is 0.829. The molecule has 0 saturated heterocycles. The van der Waals surface area contributed by atoms with Gasteiger partial charge < -0.3 is 9.52 Å². The summed E-state index contributed by atoms with van der Waals surface area (Å²) >= 11 is 0. The number of aryl methyl sites for hydroxylation is 1. The topological polar surface area (TPSA) is 46.3 Å². The maximum atomic E-state index is 8.81. The third kappa shape index (κ3) is 2.25. The smallest absolute Gasteiger partial charge is 0.226 e. The molecule has 0 aliphatic heterocycles. The average molecular weight is 203 g/mol. The van der Waals surface area contributed by atoms with Crippen LogP contribution in [0.15, 0.2) is 41.1 Å². The number of hydrogen-bond acceptors (Lipinski definition) is 3. The highest BCUT2D eigenvalue weighted by Crippen LogP contribution is 2.22. The van der Waals surface area contributed by atoms with Gasteiger partial charge in [-0.05, 0) is 24.5 Å². The van der Waals surface area contributed by atoms with Gasteiger partial charge in [-0.2, -0.15) is 0 Å². The van der Waals surface area contributed by atoms with Gasteiger partial charge in [-0.25, -0.2) is 4.98 Å². The molecule has 2 rings (SSSR count). The van der Waals surface area contributed by atoms with E-state index in [-0.39, 0.29) is 6.61 Å². The highest BCUT2D eigenvalue weighted by atomic mass is 16.3. The van der Waals surface area contributed by atoms with Gasteiger partial charge in [-0.3, -0.25) is 0 Å². The molecule has 1 heterocycles. The standard InChI is InChI=1S/C12H13NO2/c14-8-3-5-10-4-1-2-6-11(10)12-13-7-9-15-12/h1-2,4,6-7,9,14H,3,5,8H2. The summed E-state index contributed by atoms with van der Waals surface area (Å²) in [6.45, 7) is 0.208. The van der Waals surface area contributed by atoms with Crippen LogP contribution >= 0.6 is 0 Å². The Hall–Kier alpha value is -1.61. The van der Waals surface area contributed by atoms with Gasteiger partial charge in [0.15, 0.2) is 0 Å². The first-order valence-electron chi connectivity index (χ1n) is 5.00. The zero-order valence-electron chi connectivity index (χ0n) is 8.39. The van der Waals surface area contributed by atoms with Gasteiger partial charge in [-0.15, -0.1) is 0 Å². The van der Waals surface area contributed by atoms with Crippen LogP contribution in [0.1, 0.15) is 12.0 Å². The minimum Gasteiger partial charge on any atom is -0.445 e. The normalized spacial score (nSPS) is 10.5. The van der Waals surface area contributed by atoms with Crippen LogP contribution in [0, 0.1) is 0 Å². The summed E-state index contributed by atoms with van der Waals surface area (Å²) in [5, 5.41) is 8.81. The third-order valence-corrected chi connectivity index (χ3v) is 2.28. The number of hydrogen-bond donors (Lipinski definition) is 1. The fourth-order valence-corrected chi connectivity index (χ4v) is 1.57. The van der Waals surface area contributed by atoms with E-state index in [1.165, 1.54) is 0 Å². The molecular formula is C12H13NO2. The number of aliphatic hydroxyl groups is 1. The Morgan fingerprint density at radius 2 is 2.13 bits per heavy atom. The van der Waals surface area contributed by atoms with Gasteiger partial charge in [0.25, 0.3) is 0 Å². The van der Waals surface area contributed by atoms with Gasteiger partial charge in [0.2, 0.25) is 5.89 Å². The van der Waals surface area contributed by atoms with Crippen LogP contribution < -0.4 is 0 Å². The monoisotopic (exact) mass is 203 g/mol. The second-order valence-corrected chi connectivity index (χ2v) is 3.32. The number of rotatable bonds is 4. The van der Waals surface area contributed by atoms with Crippen molar-refractivity contribution in [3.8, 4) is 11.5 Å². The Labute approximate surface area is 88.4 Å². The number of oxazole rings is 1. The van der Waals surface area contributed by atoms with Crippen molar-refractivity contribution >= 4 is 0 Å². The predicted molar refractivity (Wildman–Crippen MR) is 57.3 cm³/mol. The Morgan fingerprint density at radius 3 is 2.87 bits per heavy atom. The van der Waals surface area contributed by atoms with Crippen molar-refractivity contribution in [2.45, 2.75) is 12.8 Å². The van der Waals surface area contributed by atoms with Crippen molar-refractivity contribution in [2.24, 2.45) is 0 Å². The molecule has 0 bridgehead atoms. The Balaban J connectivity index is 2.30. The van der Waals surface area contributed by atoms with Crippen LogP contribution in [0.5, 0.6) is 0 Å². The summed E-state index contributed by atoms with van der Waals surface area (Å²) in [6, 6.07) is 7.97. The van der Waals surface area contributed by atoms with E-state index in [9.17, 15) is 0 Å². The van der Waals surface area contributed by atoms with Crippen LogP contribution in [0.2, 0.25) is 0 Å². The largest absolute Gasteiger partial charge is 0.445 e. The molecule has 0 radical (unpaired) electrons. The summed E-state index contributed by atoms with van der Waals surface area (Å²) < 4.78 is 5.27. The van der Waals surface area contributed by atoms with E-state index in [4.69, 9.17) is 9.52 Å². The molecule has 3 nitrogen and oxygen atoms in total. The van der Waals surface area contributed by atoms with E-state index < -0.39 is 0 Å². The van der Waals surface area contributed by atoms with Gasteiger partial charge in [0, 0.05) is 12.2 Å². The number of aromatic nitrogens is 1. The van der Waals surface area contributed by atoms with Crippen molar-refractivity contribution < 1.29 is 9.52 Å². The van der Waals surface area contributed by atoms with Gasteiger partial charge in [0.05, 0.1) is 6.20 Å². The maximum Gasteiger partial charge on any atom is 0.226 e. The van der Waals surface area contributed by atoms with Gasteiger partial charge in [-0.1, -0.05) is 18.2 Å². The molecule has 0 unspecified atom stereocenters. The number of benzene rings is 1. The Kier molecular flexibility index (Phi) is 3.15. The zero-order valence-corrected chi connectivity index (χ0v) is 8.39. The number of aliphatic hydroxyl groups excluding tert-OH is 1. The molecule has 0 aliphatic rings. The Bertz CT molecular complexity index is 409. The van der Waals surface area contributed by atoms with Crippen molar-refractivity contribution in [1.29, 1.82) is 0 Å². The van der Waals surface area contributed by atoms with Crippen molar-refractivity contribution in [3.05, 3.63) is 42.3 Å². The molecule has 0 fully saturated rings. The molecule has 2 aromatic rings. The fraction of sp³-hybridized carbons (Fsp3) is 0.250. The summed E-state index contributed by atoms with van der Waals surface area (Å²) in [6.07, 6.45) is 4.81. The summed E-state index contributed by atoms with van der Waals surface area (Å²) in [7, 11) is 0. The van der Waals surface area contributed by atoms with Crippen LogP contribution in [0.4, 0.5) is 0 Å². The molecule has 1 aromatic heterocycles. The lowest BCUT2D eigenvalue weighted by molar-refractivity contribution is 0.288. The highest BCUT2D eigenvalue weighted by Gasteiger charge is 2.07. The second-order valence-electron chi connectivity index (χ2n) is 3.32. The van der Waals surface area contributed by atoms with Gasteiger partial charge in [0.1, 0.15) is 6.26 Å². The number of nitrogens with zero attached hydrogens (tertiary/aromatic N) is 1. The SMILES string of the molecule is OCCCc1ccccc1-c1ncco1. The summed E-state index contributed by atoms with van der Waals surface area (Å²) in [5.74, 6) is 0.642. The molecule has 3 heteroatoms. The van der Waals surface area contributed by atoms with E-state index in [1.54, 1.807) is 12.5 Å². The van der Waals surface area contributed by atoms with Crippen LogP contribution in [0.25, 0.3) is 11.5 Å². The van der Waals surface area contributed by atoms with Crippen LogP contribution in [-0.2, 0) is 6.42 Å². The Morgan fingerprint density at radius 1 is 1.27 bits per heavy atom. The highest BCUT2D eigenvalue weighted by molar-refractivity contribution is 5.58. The fourth-order valence-electron chi connectivity index (χ4n) is 1.57. The van der Waals surface area contributed by atoms with Crippen LogP contribution in [0.3, 0.4) is 0 Å². The molecule has 15 heavy (non-hydrogen) atoms. The van der Waals surface area contributed by atoms with Crippen LogP contribution in [-0.4, -0.2) is 16.7 Å². The summed E-state index contributed by atoms with van der Waals surface area (Å²) in [5.41, 5.74) is 2.17. The predicted octanol–water partition coefficient (Wildman–Crippen LogP) is 2.27. The van der Waals surface area contributed by atoms with Gasteiger partial charge >= 0.3 is 0 Å². The van der Waals surface area contributed by atoms with E-state index in [1.807, 2.05) is 24.3 Å². The molecule has 0 saturated carbocycles. The van der Waals surface area contributed by atoms with E-state index in [0.717, 1.165) is 24.0 Å². The molecule has 0 aliphatic carbocycles. The minimum atomic E-state index is 0.208. The van der Waals surface area contributed by atoms with E-state index in [2.05, 4.69) is 4.98 Å². The summed E-state index contributed by atoms with van der Waals surface area (Å²) in [4.78, 5) is 4.13. The molecule has 0 atom stereocenters. The maximum absolute atomic E-state index is 8.81. The van der Waals surface area contributed by atoms with Crippen molar-refractivity contribution in [3.63, 3.8) is 0 Å². The first-order valence-corrected chi connectivity index (χ1v) is 5.00. The zero-order chi connectivity index (χ0) is 10.5. The first kappa shape index (κ1) is 9.93. The van der Waals surface area contributed by atoms with E-state index in [0.29, 0.717) is 5.89 Å². The lowest BCUT2D eigenvalue weighted by Gasteiger charge is -2.04. The molecule has 0 spiro atoms. The molecular weight excluding hydrogens is 190 g/mol. The third-order valence-electron chi connectivity index (χ3n) is 2.28. The molecule has 1 aromatic carbocycles. The first-order chi connectivity index (χ1) is 7.42. The molecule has 0 amide bonds. The minimum absolute atomic E-state index is 0.208.